The molecular weight excluding hydrogens is 168 g/mol. The van der Waals surface area contributed by atoms with Gasteiger partial charge < -0.3 is 10.6 Å². The Morgan fingerprint density at radius 2 is 1.77 bits per heavy atom. The first-order valence-electron chi connectivity index (χ1n) is 4.54. The maximum absolute atomic E-state index is 11.3. The highest BCUT2D eigenvalue weighted by Crippen LogP contribution is 2.00. The van der Waals surface area contributed by atoms with Crippen molar-refractivity contribution in [1.82, 2.24) is 10.6 Å². The van der Waals surface area contributed by atoms with Crippen molar-refractivity contribution in [2.75, 3.05) is 7.05 Å². The Kier molecular flexibility index (Phi) is 5.11. The number of hydrogen-bond donors (Lipinski definition) is 2. The molecule has 2 N–H and O–H groups in total. The van der Waals surface area contributed by atoms with Crippen LogP contribution in [-0.4, -0.2) is 24.9 Å². The molecule has 76 valence electrons. The van der Waals surface area contributed by atoms with E-state index in [9.17, 15) is 9.59 Å². The van der Waals surface area contributed by atoms with Crippen molar-refractivity contribution in [2.24, 2.45) is 5.92 Å². The lowest BCUT2D eigenvalue weighted by atomic mass is 10.1. The monoisotopic (exact) mass is 186 g/mol. The third kappa shape index (κ3) is 3.92. The summed E-state index contributed by atoms with van der Waals surface area (Å²) in [6.45, 7) is 5.44. The highest BCUT2D eigenvalue weighted by Gasteiger charge is 2.16. The Morgan fingerprint density at radius 3 is 2.15 bits per heavy atom. The summed E-state index contributed by atoms with van der Waals surface area (Å²) in [7, 11) is 1.55. The van der Waals surface area contributed by atoms with Crippen LogP contribution in [0.1, 0.15) is 27.2 Å². The Hall–Kier alpha value is -1.06. The zero-order valence-corrected chi connectivity index (χ0v) is 8.68. The van der Waals surface area contributed by atoms with Gasteiger partial charge in [0.2, 0.25) is 11.8 Å². The topological polar surface area (TPSA) is 58.2 Å². The Labute approximate surface area is 79.1 Å². The van der Waals surface area contributed by atoms with Gasteiger partial charge in [0.15, 0.2) is 0 Å². The number of hydrogen-bond acceptors (Lipinski definition) is 2. The van der Waals surface area contributed by atoms with Gasteiger partial charge >= 0.3 is 0 Å². The van der Waals surface area contributed by atoms with E-state index in [0.29, 0.717) is 0 Å². The first-order valence-corrected chi connectivity index (χ1v) is 4.54. The summed E-state index contributed by atoms with van der Waals surface area (Å²) in [5.74, 6) is -0.276. The van der Waals surface area contributed by atoms with E-state index in [2.05, 4.69) is 10.6 Å². The van der Waals surface area contributed by atoms with Gasteiger partial charge in [-0.15, -0.1) is 0 Å². The van der Waals surface area contributed by atoms with Gasteiger partial charge in [0, 0.05) is 13.0 Å². The van der Waals surface area contributed by atoms with E-state index in [1.54, 1.807) is 14.0 Å². The summed E-state index contributed by atoms with van der Waals surface area (Å²) in [4.78, 5) is 22.3. The lowest BCUT2D eigenvalue weighted by Crippen LogP contribution is -2.45. The lowest BCUT2D eigenvalue weighted by Gasteiger charge is -2.15. The van der Waals surface area contributed by atoms with Crippen molar-refractivity contribution in [3.63, 3.8) is 0 Å². The van der Waals surface area contributed by atoms with Crippen molar-refractivity contribution in [3.05, 3.63) is 0 Å². The van der Waals surface area contributed by atoms with Crippen LogP contribution in [0.2, 0.25) is 0 Å². The molecule has 0 heterocycles. The minimum atomic E-state index is -0.452. The van der Waals surface area contributed by atoms with E-state index in [0.717, 1.165) is 6.42 Å². The average Bonchev–Trinajstić information content (AvgIpc) is 2.14. The van der Waals surface area contributed by atoms with Gasteiger partial charge in [-0.25, -0.2) is 0 Å². The second-order valence-electron chi connectivity index (χ2n) is 3.15. The summed E-state index contributed by atoms with van der Waals surface area (Å²) in [6, 6.07) is -0.452. The summed E-state index contributed by atoms with van der Waals surface area (Å²) in [5, 5.41) is 5.10. The molecule has 0 radical (unpaired) electrons. The van der Waals surface area contributed by atoms with Crippen molar-refractivity contribution in [2.45, 2.75) is 33.2 Å². The van der Waals surface area contributed by atoms with E-state index < -0.39 is 6.04 Å². The van der Waals surface area contributed by atoms with Gasteiger partial charge in [0.25, 0.3) is 0 Å². The van der Waals surface area contributed by atoms with E-state index >= 15 is 0 Å². The maximum atomic E-state index is 11.3. The van der Waals surface area contributed by atoms with Gasteiger partial charge in [-0.05, 0) is 13.3 Å². The maximum Gasteiger partial charge on any atom is 0.242 e. The molecule has 0 spiro atoms. The predicted octanol–water partition coefficient (Wildman–Crippen LogP) is 0.283. The highest BCUT2D eigenvalue weighted by molar-refractivity contribution is 5.87. The van der Waals surface area contributed by atoms with Crippen LogP contribution in [0.5, 0.6) is 0 Å². The Balaban J connectivity index is 3.98. The molecule has 13 heavy (non-hydrogen) atoms. The van der Waals surface area contributed by atoms with Crippen molar-refractivity contribution in [1.29, 1.82) is 0 Å². The van der Waals surface area contributed by atoms with Crippen LogP contribution in [0.25, 0.3) is 0 Å². The van der Waals surface area contributed by atoms with E-state index in [1.807, 2.05) is 13.8 Å². The van der Waals surface area contributed by atoms with Crippen molar-refractivity contribution < 1.29 is 9.59 Å². The molecule has 0 saturated carbocycles. The van der Waals surface area contributed by atoms with E-state index in [4.69, 9.17) is 0 Å². The summed E-state index contributed by atoms with van der Waals surface area (Å²) >= 11 is 0. The minimum Gasteiger partial charge on any atom is -0.357 e. The Bertz CT molecular complexity index is 192. The van der Waals surface area contributed by atoms with Crippen LogP contribution in [0.4, 0.5) is 0 Å². The van der Waals surface area contributed by atoms with E-state index in [1.165, 1.54) is 0 Å². The number of amides is 2. The molecular formula is C9H18N2O2. The first-order chi connectivity index (χ1) is 6.02. The second-order valence-corrected chi connectivity index (χ2v) is 3.15. The van der Waals surface area contributed by atoms with Crippen LogP contribution in [0.15, 0.2) is 0 Å². The molecule has 0 aromatic carbocycles. The first kappa shape index (κ1) is 11.9. The normalized spacial score (nSPS) is 14.5. The van der Waals surface area contributed by atoms with Crippen LogP contribution >= 0.6 is 0 Å². The van der Waals surface area contributed by atoms with Crippen molar-refractivity contribution >= 4 is 11.8 Å². The predicted molar refractivity (Wildman–Crippen MR) is 51.1 cm³/mol. The van der Waals surface area contributed by atoms with Crippen LogP contribution in [0, 0.1) is 5.92 Å². The highest BCUT2D eigenvalue weighted by atomic mass is 16.2. The standard InChI is InChI=1S/C9H18N2O2/c1-5-6(2)8(12)11-7(3)9(13)10-4/h6-7H,5H2,1-4H3,(H,10,13)(H,11,12). The van der Waals surface area contributed by atoms with Gasteiger partial charge in [0.1, 0.15) is 6.04 Å². The fourth-order valence-corrected chi connectivity index (χ4v) is 0.823. The molecule has 2 atom stereocenters. The fourth-order valence-electron chi connectivity index (χ4n) is 0.823. The van der Waals surface area contributed by atoms with Crippen molar-refractivity contribution in [3.8, 4) is 0 Å². The largest absolute Gasteiger partial charge is 0.357 e. The molecule has 2 amide bonds. The minimum absolute atomic E-state index is 0.0351. The zero-order chi connectivity index (χ0) is 10.4. The van der Waals surface area contributed by atoms with E-state index in [-0.39, 0.29) is 17.7 Å². The van der Waals surface area contributed by atoms with Gasteiger partial charge in [-0.2, -0.15) is 0 Å². The van der Waals surface area contributed by atoms with Gasteiger partial charge in [-0.3, -0.25) is 9.59 Å². The molecule has 0 bridgehead atoms. The number of nitrogens with one attached hydrogen (secondary N) is 2. The third-order valence-corrected chi connectivity index (χ3v) is 2.06. The Morgan fingerprint density at radius 1 is 1.23 bits per heavy atom. The molecule has 2 unspecified atom stereocenters. The molecule has 0 aliphatic heterocycles. The molecule has 0 aliphatic rings. The zero-order valence-electron chi connectivity index (χ0n) is 8.68. The average molecular weight is 186 g/mol. The number of likely N-dealkylation sites (N-methyl/N-ethyl adjacent to an activating group) is 1. The molecule has 4 heteroatoms. The molecule has 4 nitrogen and oxygen atoms in total. The van der Waals surface area contributed by atoms with Crippen LogP contribution in [0.3, 0.4) is 0 Å². The molecule has 0 aromatic rings. The molecule has 0 saturated heterocycles. The molecule has 0 fully saturated rings. The van der Waals surface area contributed by atoms with Gasteiger partial charge in [0.05, 0.1) is 0 Å². The smallest absolute Gasteiger partial charge is 0.242 e. The van der Waals surface area contributed by atoms with Gasteiger partial charge in [-0.1, -0.05) is 13.8 Å². The molecule has 0 aromatic heterocycles. The quantitative estimate of drug-likeness (QED) is 0.662. The summed E-state index contributed by atoms with van der Waals surface area (Å²) < 4.78 is 0. The fraction of sp³-hybridized carbons (Fsp3) is 0.778. The van der Waals surface area contributed by atoms with Crippen LogP contribution < -0.4 is 10.6 Å². The number of carbonyl (C=O) groups is 2. The lowest BCUT2D eigenvalue weighted by molar-refractivity contribution is -0.130. The molecule has 0 aliphatic carbocycles. The second kappa shape index (κ2) is 5.56. The number of carbonyl (C=O) groups excluding carboxylic acids is 2. The molecule has 0 rings (SSSR count). The third-order valence-electron chi connectivity index (χ3n) is 2.06. The summed E-state index contributed by atoms with van der Waals surface area (Å²) in [5.41, 5.74) is 0. The SMILES string of the molecule is CCC(C)C(=O)NC(C)C(=O)NC. The summed E-state index contributed by atoms with van der Waals surface area (Å²) in [6.07, 6.45) is 0.784. The number of rotatable bonds is 4. The van der Waals surface area contributed by atoms with Crippen LogP contribution in [-0.2, 0) is 9.59 Å².